The number of hydrogen-bond donors (Lipinski definition) is 1. The van der Waals surface area contributed by atoms with Crippen LogP contribution in [0, 0.1) is 0 Å². The van der Waals surface area contributed by atoms with Gasteiger partial charge >= 0.3 is 0 Å². The topological polar surface area (TPSA) is 41.5 Å². The third-order valence-corrected chi connectivity index (χ3v) is 3.89. The third kappa shape index (κ3) is 3.47. The highest BCUT2D eigenvalue weighted by Gasteiger charge is 2.38. The highest BCUT2D eigenvalue weighted by atomic mass is 16.2. The van der Waals surface area contributed by atoms with Gasteiger partial charge in [-0.25, -0.2) is 0 Å². The summed E-state index contributed by atoms with van der Waals surface area (Å²) in [5.74, 6) is 0.749. The van der Waals surface area contributed by atoms with Crippen molar-refractivity contribution < 1.29 is 4.79 Å². The molecule has 1 N–H and O–H groups in total. The molecule has 3 nitrogen and oxygen atoms in total. The van der Waals surface area contributed by atoms with E-state index in [2.05, 4.69) is 17.2 Å². The Labute approximate surface area is 121 Å². The SMILES string of the molecule is CCCCCCC[C@]1(C)N=C(c2ccccc2)NC1=O. The second-order valence-corrected chi connectivity index (χ2v) is 5.72. The molecule has 1 atom stereocenters. The highest BCUT2D eigenvalue weighted by molar-refractivity contribution is 6.15. The highest BCUT2D eigenvalue weighted by Crippen LogP contribution is 2.25. The van der Waals surface area contributed by atoms with Gasteiger partial charge in [-0.2, -0.15) is 0 Å². The summed E-state index contributed by atoms with van der Waals surface area (Å²) in [6.45, 7) is 4.15. The van der Waals surface area contributed by atoms with Crippen molar-refractivity contribution in [3.05, 3.63) is 35.9 Å². The van der Waals surface area contributed by atoms with Gasteiger partial charge in [-0.1, -0.05) is 69.4 Å². The molecule has 1 aliphatic heterocycles. The zero-order valence-electron chi connectivity index (χ0n) is 12.5. The molecular formula is C17H24N2O. The molecule has 0 saturated heterocycles. The molecule has 1 aliphatic rings. The third-order valence-electron chi connectivity index (χ3n) is 3.89. The van der Waals surface area contributed by atoms with Crippen LogP contribution in [0.25, 0.3) is 0 Å². The molecule has 0 spiro atoms. The minimum Gasteiger partial charge on any atom is -0.308 e. The van der Waals surface area contributed by atoms with Gasteiger partial charge in [0, 0.05) is 5.56 Å². The fraction of sp³-hybridized carbons (Fsp3) is 0.529. The van der Waals surface area contributed by atoms with Crippen molar-refractivity contribution in [2.24, 2.45) is 4.99 Å². The Hall–Kier alpha value is -1.64. The van der Waals surface area contributed by atoms with Gasteiger partial charge in [0.1, 0.15) is 11.4 Å². The molecule has 20 heavy (non-hydrogen) atoms. The minimum atomic E-state index is -0.586. The van der Waals surface area contributed by atoms with Gasteiger partial charge < -0.3 is 5.32 Å². The van der Waals surface area contributed by atoms with Crippen LogP contribution in [0.5, 0.6) is 0 Å². The van der Waals surface area contributed by atoms with Crippen molar-refractivity contribution in [2.45, 2.75) is 57.9 Å². The van der Waals surface area contributed by atoms with Crippen molar-refractivity contribution >= 4 is 11.7 Å². The molecule has 3 heteroatoms. The summed E-state index contributed by atoms with van der Waals surface area (Å²) in [6, 6.07) is 9.85. The first-order valence-corrected chi connectivity index (χ1v) is 7.62. The fourth-order valence-electron chi connectivity index (χ4n) is 2.54. The first-order valence-electron chi connectivity index (χ1n) is 7.62. The lowest BCUT2D eigenvalue weighted by Crippen LogP contribution is -2.37. The monoisotopic (exact) mass is 272 g/mol. The maximum Gasteiger partial charge on any atom is 0.253 e. The van der Waals surface area contributed by atoms with Crippen molar-refractivity contribution in [3.8, 4) is 0 Å². The average molecular weight is 272 g/mol. The van der Waals surface area contributed by atoms with Crippen molar-refractivity contribution in [1.29, 1.82) is 0 Å². The molecule has 1 aromatic carbocycles. The number of amidine groups is 1. The van der Waals surface area contributed by atoms with E-state index in [1.54, 1.807) is 0 Å². The molecule has 1 amide bonds. The number of rotatable bonds is 7. The summed E-state index contributed by atoms with van der Waals surface area (Å²) in [5, 5.41) is 2.92. The molecule has 0 unspecified atom stereocenters. The smallest absolute Gasteiger partial charge is 0.253 e. The van der Waals surface area contributed by atoms with Crippen LogP contribution in [0.15, 0.2) is 35.3 Å². The second kappa shape index (κ2) is 6.69. The quantitative estimate of drug-likeness (QED) is 0.756. The average Bonchev–Trinajstić information content (AvgIpc) is 2.76. The van der Waals surface area contributed by atoms with E-state index < -0.39 is 5.54 Å². The molecule has 0 radical (unpaired) electrons. The van der Waals surface area contributed by atoms with E-state index in [0.717, 1.165) is 18.4 Å². The zero-order chi connectivity index (χ0) is 14.4. The molecule has 108 valence electrons. The zero-order valence-corrected chi connectivity index (χ0v) is 12.5. The maximum absolute atomic E-state index is 12.2. The van der Waals surface area contributed by atoms with Crippen LogP contribution in [0.2, 0.25) is 0 Å². The van der Waals surface area contributed by atoms with Crippen LogP contribution in [0.4, 0.5) is 0 Å². The number of aliphatic imine (C=N–C) groups is 1. The summed E-state index contributed by atoms with van der Waals surface area (Å²) in [6.07, 6.45) is 6.86. The first-order chi connectivity index (χ1) is 9.65. The summed E-state index contributed by atoms with van der Waals surface area (Å²) in [7, 11) is 0. The number of benzene rings is 1. The first kappa shape index (κ1) is 14.8. The lowest BCUT2D eigenvalue weighted by Gasteiger charge is -2.17. The van der Waals surface area contributed by atoms with E-state index in [1.165, 1.54) is 25.7 Å². The summed E-state index contributed by atoms with van der Waals surface area (Å²) < 4.78 is 0. The normalized spacial score (nSPS) is 21.7. The largest absolute Gasteiger partial charge is 0.308 e. The van der Waals surface area contributed by atoms with Crippen LogP contribution in [-0.2, 0) is 4.79 Å². The van der Waals surface area contributed by atoms with E-state index in [1.807, 2.05) is 37.3 Å². The van der Waals surface area contributed by atoms with Gasteiger partial charge in [0.05, 0.1) is 0 Å². The molecule has 0 aromatic heterocycles. The Bertz CT molecular complexity index is 481. The number of nitrogens with one attached hydrogen (secondary N) is 1. The molecule has 0 fully saturated rings. The van der Waals surface area contributed by atoms with Crippen molar-refractivity contribution in [2.75, 3.05) is 0 Å². The Morgan fingerprint density at radius 1 is 1.10 bits per heavy atom. The minimum absolute atomic E-state index is 0.0341. The summed E-state index contributed by atoms with van der Waals surface area (Å²) >= 11 is 0. The van der Waals surface area contributed by atoms with E-state index in [0.29, 0.717) is 5.84 Å². The van der Waals surface area contributed by atoms with Gasteiger partial charge in [-0.15, -0.1) is 0 Å². The molecule has 1 aromatic rings. The van der Waals surface area contributed by atoms with Gasteiger partial charge in [0.25, 0.3) is 5.91 Å². The van der Waals surface area contributed by atoms with E-state index in [4.69, 9.17) is 0 Å². The Kier molecular flexibility index (Phi) is 4.94. The van der Waals surface area contributed by atoms with Gasteiger partial charge in [-0.3, -0.25) is 9.79 Å². The van der Waals surface area contributed by atoms with Gasteiger partial charge in [0.2, 0.25) is 0 Å². The van der Waals surface area contributed by atoms with Crippen molar-refractivity contribution in [1.82, 2.24) is 5.32 Å². The molecule has 2 rings (SSSR count). The van der Waals surface area contributed by atoms with Crippen LogP contribution >= 0.6 is 0 Å². The predicted molar refractivity (Wildman–Crippen MR) is 82.9 cm³/mol. The maximum atomic E-state index is 12.2. The summed E-state index contributed by atoms with van der Waals surface area (Å²) in [5.41, 5.74) is 0.396. The van der Waals surface area contributed by atoms with E-state index in [-0.39, 0.29) is 5.91 Å². The number of amides is 1. The number of unbranched alkanes of at least 4 members (excludes halogenated alkanes) is 4. The second-order valence-electron chi connectivity index (χ2n) is 5.72. The van der Waals surface area contributed by atoms with Gasteiger partial charge in [0.15, 0.2) is 0 Å². The standard InChI is InChI=1S/C17H24N2O/c1-3-4-5-6-10-13-17(2)16(20)18-15(19-17)14-11-8-7-9-12-14/h7-9,11-12H,3-6,10,13H2,1-2H3,(H,18,19,20)/t17-/m0/s1. The Morgan fingerprint density at radius 3 is 2.50 bits per heavy atom. The summed E-state index contributed by atoms with van der Waals surface area (Å²) in [4.78, 5) is 16.8. The van der Waals surface area contributed by atoms with Crippen LogP contribution in [0.1, 0.15) is 57.9 Å². The molecular weight excluding hydrogens is 248 g/mol. The van der Waals surface area contributed by atoms with Crippen LogP contribution in [-0.4, -0.2) is 17.3 Å². The number of carbonyl (C=O) groups excluding carboxylic acids is 1. The Balaban J connectivity index is 1.97. The lowest BCUT2D eigenvalue weighted by molar-refractivity contribution is -0.123. The molecule has 0 saturated carbocycles. The number of carbonyl (C=O) groups is 1. The fourth-order valence-corrected chi connectivity index (χ4v) is 2.54. The number of hydrogen-bond acceptors (Lipinski definition) is 2. The molecule has 0 bridgehead atoms. The van der Waals surface area contributed by atoms with E-state index >= 15 is 0 Å². The van der Waals surface area contributed by atoms with Crippen molar-refractivity contribution in [3.63, 3.8) is 0 Å². The van der Waals surface area contributed by atoms with Crippen LogP contribution < -0.4 is 5.32 Å². The predicted octanol–water partition coefficient (Wildman–Crippen LogP) is 3.68. The molecule has 1 heterocycles. The lowest BCUT2D eigenvalue weighted by atomic mass is 9.94. The number of nitrogens with zero attached hydrogens (tertiary/aromatic N) is 1. The Morgan fingerprint density at radius 2 is 1.80 bits per heavy atom. The molecule has 0 aliphatic carbocycles. The van der Waals surface area contributed by atoms with Gasteiger partial charge in [-0.05, 0) is 13.3 Å². The van der Waals surface area contributed by atoms with E-state index in [9.17, 15) is 4.79 Å². The van der Waals surface area contributed by atoms with Crippen LogP contribution in [0.3, 0.4) is 0 Å².